The first kappa shape index (κ1) is 17.5. The van der Waals surface area contributed by atoms with Crippen LogP contribution >= 0.6 is 35.0 Å². The van der Waals surface area contributed by atoms with Gasteiger partial charge < -0.3 is 5.32 Å². The van der Waals surface area contributed by atoms with E-state index in [1.807, 2.05) is 0 Å². The van der Waals surface area contributed by atoms with Crippen molar-refractivity contribution in [2.24, 2.45) is 4.99 Å². The van der Waals surface area contributed by atoms with Gasteiger partial charge in [0.05, 0.1) is 21.2 Å². The van der Waals surface area contributed by atoms with E-state index in [1.54, 1.807) is 54.8 Å². The van der Waals surface area contributed by atoms with Crippen LogP contribution in [0.1, 0.15) is 20.7 Å². The van der Waals surface area contributed by atoms with Crippen molar-refractivity contribution in [2.75, 3.05) is 6.26 Å². The molecule has 0 saturated heterocycles. The predicted octanol–water partition coefficient (Wildman–Crippen LogP) is 4.28. The van der Waals surface area contributed by atoms with Gasteiger partial charge in [0.1, 0.15) is 0 Å². The summed E-state index contributed by atoms with van der Waals surface area (Å²) < 4.78 is 0. The molecule has 0 aliphatic rings. The van der Waals surface area contributed by atoms with E-state index in [0.717, 1.165) is 11.8 Å². The number of thioether (sulfide) groups is 1. The molecular formula is C16H12Cl2N2O2S. The molecule has 1 N–H and O–H groups in total. The lowest BCUT2D eigenvalue weighted by Gasteiger charge is -2.07. The number of amides is 2. The van der Waals surface area contributed by atoms with Gasteiger partial charge in [-0.2, -0.15) is 4.99 Å². The lowest BCUT2D eigenvalue weighted by Crippen LogP contribution is -2.29. The first-order chi connectivity index (χ1) is 11.0. The summed E-state index contributed by atoms with van der Waals surface area (Å²) in [4.78, 5) is 28.3. The standard InChI is InChI=1S/C16H12Cl2N2O2S/c1-23-16(19-14(21)10-6-2-4-8-12(10)17)20-15(22)11-7-3-5-9-13(11)18/h2-9H,1H3,(H,19,20,21,22). The van der Waals surface area contributed by atoms with Crippen molar-refractivity contribution in [1.82, 2.24) is 5.32 Å². The molecule has 7 heteroatoms. The number of rotatable bonds is 2. The Balaban J connectivity index is 2.20. The number of benzene rings is 2. The molecule has 2 amide bonds. The van der Waals surface area contributed by atoms with Crippen molar-refractivity contribution < 1.29 is 9.59 Å². The molecule has 0 radical (unpaired) electrons. The normalized spacial score (nSPS) is 11.2. The van der Waals surface area contributed by atoms with Gasteiger partial charge in [0.15, 0.2) is 5.17 Å². The van der Waals surface area contributed by atoms with Crippen molar-refractivity contribution in [1.29, 1.82) is 0 Å². The summed E-state index contributed by atoms with van der Waals surface area (Å²) in [6, 6.07) is 13.2. The van der Waals surface area contributed by atoms with Gasteiger partial charge in [-0.15, -0.1) is 0 Å². The number of hydrogen-bond acceptors (Lipinski definition) is 3. The van der Waals surface area contributed by atoms with Crippen molar-refractivity contribution in [3.63, 3.8) is 0 Å². The van der Waals surface area contributed by atoms with E-state index in [9.17, 15) is 9.59 Å². The van der Waals surface area contributed by atoms with Gasteiger partial charge in [-0.3, -0.25) is 9.59 Å². The molecule has 0 atom stereocenters. The smallest absolute Gasteiger partial charge is 0.280 e. The zero-order valence-electron chi connectivity index (χ0n) is 12.0. The van der Waals surface area contributed by atoms with E-state index in [2.05, 4.69) is 10.3 Å². The van der Waals surface area contributed by atoms with Crippen molar-refractivity contribution in [2.45, 2.75) is 0 Å². The highest BCUT2D eigenvalue weighted by molar-refractivity contribution is 8.13. The van der Waals surface area contributed by atoms with Gasteiger partial charge in [-0.05, 0) is 30.5 Å². The van der Waals surface area contributed by atoms with Crippen LogP contribution in [0.5, 0.6) is 0 Å². The molecule has 118 valence electrons. The van der Waals surface area contributed by atoms with Crippen LogP contribution in [0, 0.1) is 0 Å². The maximum Gasteiger partial charge on any atom is 0.280 e. The van der Waals surface area contributed by atoms with Crippen LogP contribution in [0.3, 0.4) is 0 Å². The highest BCUT2D eigenvalue weighted by Crippen LogP contribution is 2.17. The second kappa shape index (κ2) is 8.15. The highest BCUT2D eigenvalue weighted by Gasteiger charge is 2.14. The number of amidine groups is 1. The van der Waals surface area contributed by atoms with Gasteiger partial charge in [-0.25, -0.2) is 0 Å². The zero-order valence-corrected chi connectivity index (χ0v) is 14.4. The Bertz CT molecular complexity index is 778. The topological polar surface area (TPSA) is 58.5 Å². The third kappa shape index (κ3) is 4.58. The molecule has 4 nitrogen and oxygen atoms in total. The van der Waals surface area contributed by atoms with E-state index in [1.165, 1.54) is 0 Å². The fourth-order valence-corrected chi connectivity index (χ4v) is 2.53. The molecule has 2 aromatic rings. The average molecular weight is 367 g/mol. The number of hydrogen-bond donors (Lipinski definition) is 1. The van der Waals surface area contributed by atoms with E-state index in [0.29, 0.717) is 15.6 Å². The molecule has 0 spiro atoms. The first-order valence-corrected chi connectivity index (χ1v) is 8.48. The summed E-state index contributed by atoms with van der Waals surface area (Å²) in [5.41, 5.74) is 0.578. The molecule has 0 bridgehead atoms. The van der Waals surface area contributed by atoms with Crippen LogP contribution in [0.2, 0.25) is 10.0 Å². The van der Waals surface area contributed by atoms with E-state index in [-0.39, 0.29) is 10.7 Å². The number of carbonyl (C=O) groups is 2. The summed E-state index contributed by atoms with van der Waals surface area (Å²) in [5.74, 6) is -0.963. The minimum atomic E-state index is -0.528. The molecule has 0 aromatic heterocycles. The number of aliphatic imine (C=N–C) groups is 1. The molecule has 23 heavy (non-hydrogen) atoms. The molecule has 0 heterocycles. The second-order valence-electron chi connectivity index (χ2n) is 4.34. The number of nitrogens with one attached hydrogen (secondary N) is 1. The van der Waals surface area contributed by atoms with Gasteiger partial charge in [0.25, 0.3) is 11.8 Å². The summed E-state index contributed by atoms with van der Waals surface area (Å²) in [6.07, 6.45) is 1.70. The Labute approximate surface area is 147 Å². The summed E-state index contributed by atoms with van der Waals surface area (Å²) in [6.45, 7) is 0. The predicted molar refractivity (Wildman–Crippen MR) is 95.7 cm³/mol. The van der Waals surface area contributed by atoms with Gasteiger partial charge in [-0.1, -0.05) is 59.2 Å². The molecule has 0 aliphatic carbocycles. The van der Waals surface area contributed by atoms with Crippen LogP contribution < -0.4 is 5.32 Å². The second-order valence-corrected chi connectivity index (χ2v) is 5.95. The Kier molecular flexibility index (Phi) is 6.21. The van der Waals surface area contributed by atoms with Gasteiger partial charge in [0.2, 0.25) is 0 Å². The SMILES string of the molecule is CSC(=NC(=O)c1ccccc1Cl)NC(=O)c1ccccc1Cl. The Morgan fingerprint density at radius 3 is 2.00 bits per heavy atom. The Morgan fingerprint density at radius 1 is 0.957 bits per heavy atom. The van der Waals surface area contributed by atoms with Crippen LogP contribution in [0.15, 0.2) is 53.5 Å². The molecular weight excluding hydrogens is 355 g/mol. The molecule has 0 fully saturated rings. The fourth-order valence-electron chi connectivity index (χ4n) is 1.72. The van der Waals surface area contributed by atoms with Crippen LogP contribution in [0.25, 0.3) is 0 Å². The van der Waals surface area contributed by atoms with E-state index >= 15 is 0 Å². The monoisotopic (exact) mass is 366 g/mol. The third-order valence-electron chi connectivity index (χ3n) is 2.84. The molecule has 2 rings (SSSR count). The zero-order chi connectivity index (χ0) is 16.8. The first-order valence-electron chi connectivity index (χ1n) is 6.50. The van der Waals surface area contributed by atoms with Crippen LogP contribution in [-0.4, -0.2) is 23.2 Å². The molecule has 0 saturated carbocycles. The summed E-state index contributed by atoms with van der Waals surface area (Å²) in [7, 11) is 0. The fraction of sp³-hybridized carbons (Fsp3) is 0.0625. The molecule has 2 aromatic carbocycles. The largest absolute Gasteiger partial charge is 0.301 e. The number of halogens is 2. The summed E-state index contributed by atoms with van der Waals surface area (Å²) >= 11 is 13.1. The average Bonchev–Trinajstić information content (AvgIpc) is 2.54. The lowest BCUT2D eigenvalue weighted by atomic mass is 10.2. The van der Waals surface area contributed by atoms with Gasteiger partial charge >= 0.3 is 0 Å². The van der Waals surface area contributed by atoms with Crippen molar-refractivity contribution in [3.8, 4) is 0 Å². The Morgan fingerprint density at radius 2 is 1.48 bits per heavy atom. The van der Waals surface area contributed by atoms with Crippen LogP contribution in [-0.2, 0) is 0 Å². The van der Waals surface area contributed by atoms with Gasteiger partial charge in [0, 0.05) is 0 Å². The minimum absolute atomic E-state index is 0.167. The van der Waals surface area contributed by atoms with Crippen molar-refractivity contribution in [3.05, 3.63) is 69.7 Å². The third-order valence-corrected chi connectivity index (χ3v) is 4.08. The van der Waals surface area contributed by atoms with E-state index < -0.39 is 11.8 Å². The van der Waals surface area contributed by atoms with Crippen LogP contribution in [0.4, 0.5) is 0 Å². The minimum Gasteiger partial charge on any atom is -0.301 e. The number of nitrogens with zero attached hydrogens (tertiary/aromatic N) is 1. The maximum absolute atomic E-state index is 12.2. The maximum atomic E-state index is 12.2. The molecule has 0 aliphatic heterocycles. The lowest BCUT2D eigenvalue weighted by molar-refractivity contribution is 0.0978. The number of carbonyl (C=O) groups excluding carboxylic acids is 2. The van der Waals surface area contributed by atoms with Crippen molar-refractivity contribution >= 4 is 51.9 Å². The molecule has 0 unspecified atom stereocenters. The highest BCUT2D eigenvalue weighted by atomic mass is 35.5. The van der Waals surface area contributed by atoms with E-state index in [4.69, 9.17) is 23.2 Å². The quantitative estimate of drug-likeness (QED) is 0.637. The Hall–Kier alpha value is -1.82. The summed E-state index contributed by atoms with van der Waals surface area (Å²) in [5, 5.41) is 3.36.